The summed E-state index contributed by atoms with van der Waals surface area (Å²) in [5.41, 5.74) is 6.67. The minimum atomic E-state index is -0.670. The Morgan fingerprint density at radius 2 is 2.00 bits per heavy atom. The number of aliphatic hydroxyl groups is 1. The minimum Gasteiger partial charge on any atom is -0.386 e. The summed E-state index contributed by atoms with van der Waals surface area (Å²) in [6.45, 7) is 3.05. The van der Waals surface area contributed by atoms with Crippen LogP contribution in [0.3, 0.4) is 0 Å². The first kappa shape index (κ1) is 14.1. The van der Waals surface area contributed by atoms with E-state index in [9.17, 15) is 5.11 Å². The number of benzene rings is 1. The van der Waals surface area contributed by atoms with Crippen LogP contribution in [0, 0.1) is 0 Å². The van der Waals surface area contributed by atoms with Crippen LogP contribution in [0.15, 0.2) is 29.3 Å². The fourth-order valence-corrected chi connectivity index (χ4v) is 1.99. The van der Waals surface area contributed by atoms with Crippen LogP contribution in [-0.2, 0) is 4.74 Å². The van der Waals surface area contributed by atoms with Crippen molar-refractivity contribution in [3.63, 3.8) is 0 Å². The van der Waals surface area contributed by atoms with Gasteiger partial charge in [0.1, 0.15) is 0 Å². The van der Waals surface area contributed by atoms with E-state index in [1.807, 2.05) is 4.90 Å². The van der Waals surface area contributed by atoms with Crippen LogP contribution in [0.1, 0.15) is 11.7 Å². The summed E-state index contributed by atoms with van der Waals surface area (Å²) in [6.07, 6.45) is -0.670. The molecule has 19 heavy (non-hydrogen) atoms. The zero-order chi connectivity index (χ0) is 13.7. The summed E-state index contributed by atoms with van der Waals surface area (Å²) in [5, 5.41) is 10.7. The molecule has 0 radical (unpaired) electrons. The molecule has 0 amide bonds. The lowest BCUT2D eigenvalue weighted by atomic mass is 10.1. The van der Waals surface area contributed by atoms with E-state index in [0.29, 0.717) is 24.2 Å². The smallest absolute Gasteiger partial charge is 0.191 e. The maximum absolute atomic E-state index is 10.0. The van der Waals surface area contributed by atoms with E-state index in [0.717, 1.165) is 18.7 Å². The molecule has 2 rings (SSSR count). The Bertz CT molecular complexity index is 430. The molecule has 1 atom stereocenters. The van der Waals surface area contributed by atoms with Crippen LogP contribution >= 0.6 is 11.6 Å². The average molecular weight is 284 g/mol. The number of guanidine groups is 1. The summed E-state index contributed by atoms with van der Waals surface area (Å²) in [7, 11) is 0. The van der Waals surface area contributed by atoms with E-state index in [1.54, 1.807) is 24.3 Å². The van der Waals surface area contributed by atoms with Gasteiger partial charge in [0.15, 0.2) is 5.96 Å². The Balaban J connectivity index is 1.91. The van der Waals surface area contributed by atoms with Gasteiger partial charge < -0.3 is 20.5 Å². The number of hydrogen-bond acceptors (Lipinski definition) is 3. The molecule has 0 aromatic heterocycles. The van der Waals surface area contributed by atoms with Gasteiger partial charge in [0.2, 0.25) is 0 Å². The molecule has 1 fully saturated rings. The first-order valence-corrected chi connectivity index (χ1v) is 6.61. The lowest BCUT2D eigenvalue weighted by Crippen LogP contribution is -2.45. The number of rotatable bonds is 3. The molecule has 1 aliphatic rings. The number of aliphatic imine (C=N–C) groups is 1. The molecule has 1 unspecified atom stereocenters. The third-order valence-corrected chi connectivity index (χ3v) is 3.27. The summed E-state index contributed by atoms with van der Waals surface area (Å²) in [4.78, 5) is 6.18. The van der Waals surface area contributed by atoms with Crippen molar-refractivity contribution in [1.29, 1.82) is 0 Å². The molecule has 1 saturated heterocycles. The number of aliphatic hydroxyl groups excluding tert-OH is 1. The molecule has 0 spiro atoms. The van der Waals surface area contributed by atoms with Gasteiger partial charge in [0, 0.05) is 18.1 Å². The van der Waals surface area contributed by atoms with E-state index in [4.69, 9.17) is 22.1 Å². The molecule has 1 aromatic rings. The van der Waals surface area contributed by atoms with E-state index < -0.39 is 6.10 Å². The molecular weight excluding hydrogens is 266 g/mol. The Morgan fingerprint density at radius 1 is 1.37 bits per heavy atom. The Hall–Kier alpha value is -1.30. The lowest BCUT2D eigenvalue weighted by molar-refractivity contribution is 0.0672. The molecule has 1 aliphatic heterocycles. The highest BCUT2D eigenvalue weighted by molar-refractivity contribution is 6.30. The molecule has 1 aromatic carbocycles. The molecule has 6 heteroatoms. The highest BCUT2D eigenvalue weighted by atomic mass is 35.5. The zero-order valence-corrected chi connectivity index (χ0v) is 11.4. The fourth-order valence-electron chi connectivity index (χ4n) is 1.86. The van der Waals surface area contributed by atoms with Crippen LogP contribution in [0.5, 0.6) is 0 Å². The maximum atomic E-state index is 10.0. The van der Waals surface area contributed by atoms with Gasteiger partial charge in [-0.25, -0.2) is 0 Å². The second-order valence-electron chi connectivity index (χ2n) is 4.37. The summed E-state index contributed by atoms with van der Waals surface area (Å²) in [5.74, 6) is 0.455. The van der Waals surface area contributed by atoms with Gasteiger partial charge in [-0.15, -0.1) is 0 Å². The van der Waals surface area contributed by atoms with Crippen molar-refractivity contribution in [2.75, 3.05) is 32.8 Å². The summed E-state index contributed by atoms with van der Waals surface area (Å²) >= 11 is 5.80. The van der Waals surface area contributed by atoms with Gasteiger partial charge in [-0.05, 0) is 17.7 Å². The molecule has 5 nitrogen and oxygen atoms in total. The number of hydrogen-bond donors (Lipinski definition) is 2. The Morgan fingerprint density at radius 3 is 2.63 bits per heavy atom. The Kier molecular flexibility index (Phi) is 5.01. The SMILES string of the molecule is NC(=NCC(O)c1ccc(Cl)cc1)N1CCOCC1. The van der Waals surface area contributed by atoms with Crippen molar-refractivity contribution < 1.29 is 9.84 Å². The van der Waals surface area contributed by atoms with Gasteiger partial charge in [-0.2, -0.15) is 0 Å². The van der Waals surface area contributed by atoms with Crippen LogP contribution in [0.2, 0.25) is 5.02 Å². The lowest BCUT2D eigenvalue weighted by Gasteiger charge is -2.27. The molecular formula is C13H18ClN3O2. The largest absolute Gasteiger partial charge is 0.386 e. The van der Waals surface area contributed by atoms with Gasteiger partial charge in [-0.3, -0.25) is 4.99 Å². The molecule has 0 aliphatic carbocycles. The van der Waals surface area contributed by atoms with E-state index in [-0.39, 0.29) is 6.54 Å². The van der Waals surface area contributed by atoms with Gasteiger partial charge in [0.05, 0.1) is 25.9 Å². The van der Waals surface area contributed by atoms with Crippen LogP contribution < -0.4 is 5.73 Å². The minimum absolute atomic E-state index is 0.241. The number of ether oxygens (including phenoxy) is 1. The molecule has 0 saturated carbocycles. The number of nitrogens with two attached hydrogens (primary N) is 1. The van der Waals surface area contributed by atoms with Crippen molar-refractivity contribution in [1.82, 2.24) is 4.90 Å². The van der Waals surface area contributed by atoms with E-state index in [1.165, 1.54) is 0 Å². The van der Waals surface area contributed by atoms with Crippen LogP contribution in [-0.4, -0.2) is 48.8 Å². The molecule has 1 heterocycles. The summed E-state index contributed by atoms with van der Waals surface area (Å²) < 4.78 is 5.24. The standard InChI is InChI=1S/C13H18ClN3O2/c14-11-3-1-10(2-4-11)12(18)9-16-13(15)17-5-7-19-8-6-17/h1-4,12,18H,5-9H2,(H2,15,16). The topological polar surface area (TPSA) is 71.1 Å². The second kappa shape index (κ2) is 6.75. The average Bonchev–Trinajstić information content (AvgIpc) is 2.46. The van der Waals surface area contributed by atoms with E-state index in [2.05, 4.69) is 4.99 Å². The third-order valence-electron chi connectivity index (χ3n) is 3.02. The van der Waals surface area contributed by atoms with Crippen molar-refractivity contribution in [3.8, 4) is 0 Å². The monoisotopic (exact) mass is 283 g/mol. The van der Waals surface area contributed by atoms with Crippen molar-refractivity contribution >= 4 is 17.6 Å². The summed E-state index contributed by atoms with van der Waals surface area (Å²) in [6, 6.07) is 7.06. The zero-order valence-electron chi connectivity index (χ0n) is 10.6. The quantitative estimate of drug-likeness (QED) is 0.642. The predicted molar refractivity (Wildman–Crippen MR) is 75.3 cm³/mol. The van der Waals surface area contributed by atoms with Crippen LogP contribution in [0.25, 0.3) is 0 Å². The molecule has 0 bridgehead atoms. The van der Waals surface area contributed by atoms with Gasteiger partial charge in [0.25, 0.3) is 0 Å². The van der Waals surface area contributed by atoms with Crippen molar-refractivity contribution in [3.05, 3.63) is 34.9 Å². The highest BCUT2D eigenvalue weighted by Gasteiger charge is 2.13. The number of nitrogens with zero attached hydrogens (tertiary/aromatic N) is 2. The van der Waals surface area contributed by atoms with E-state index >= 15 is 0 Å². The predicted octanol–water partition coefficient (Wildman–Crippen LogP) is 1.02. The second-order valence-corrected chi connectivity index (χ2v) is 4.80. The first-order chi connectivity index (χ1) is 9.16. The van der Waals surface area contributed by atoms with Crippen LogP contribution in [0.4, 0.5) is 0 Å². The normalized spacial score (nSPS) is 18.4. The van der Waals surface area contributed by atoms with Gasteiger partial charge >= 0.3 is 0 Å². The Labute approximate surface area is 117 Å². The van der Waals surface area contributed by atoms with Gasteiger partial charge in [-0.1, -0.05) is 23.7 Å². The van der Waals surface area contributed by atoms with Crippen molar-refractivity contribution in [2.24, 2.45) is 10.7 Å². The number of halogens is 1. The fraction of sp³-hybridized carbons (Fsp3) is 0.462. The molecule has 104 valence electrons. The maximum Gasteiger partial charge on any atom is 0.191 e. The third kappa shape index (κ3) is 4.09. The first-order valence-electron chi connectivity index (χ1n) is 6.23. The molecule has 3 N–H and O–H groups in total. The number of morpholine rings is 1. The van der Waals surface area contributed by atoms with Crippen molar-refractivity contribution in [2.45, 2.75) is 6.10 Å². The highest BCUT2D eigenvalue weighted by Crippen LogP contribution is 2.16.